The Morgan fingerprint density at radius 1 is 1.35 bits per heavy atom. The smallest absolute Gasteiger partial charge is 0.0907 e. The monoisotopic (exact) mass is 242 g/mol. The molecule has 1 N–H and O–H groups in total. The van der Waals surface area contributed by atoms with Crippen LogP contribution in [0.5, 0.6) is 0 Å². The largest absolute Gasteiger partial charge is 0.315 e. The number of hydrogen-bond acceptors (Lipinski definition) is 3. The van der Waals surface area contributed by atoms with E-state index >= 15 is 0 Å². The average Bonchev–Trinajstić information content (AvgIpc) is 2.58. The number of aromatic nitrogens is 1. The van der Waals surface area contributed by atoms with E-state index in [1.165, 1.54) is 41.2 Å². The zero-order valence-corrected chi connectivity index (χ0v) is 10.7. The van der Waals surface area contributed by atoms with Gasteiger partial charge in [-0.05, 0) is 48.4 Å². The van der Waals surface area contributed by atoms with E-state index in [0.717, 1.165) is 0 Å². The van der Waals surface area contributed by atoms with Crippen molar-refractivity contribution in [2.45, 2.75) is 25.2 Å². The van der Waals surface area contributed by atoms with Crippen LogP contribution in [0.2, 0.25) is 0 Å². The summed E-state index contributed by atoms with van der Waals surface area (Å²) in [7, 11) is 0. The quantitative estimate of drug-likeness (QED) is 0.767. The Morgan fingerprint density at radius 2 is 2.29 bits per heavy atom. The fourth-order valence-electron chi connectivity index (χ4n) is 4.39. The van der Waals surface area contributed by atoms with Crippen molar-refractivity contribution in [3.8, 4) is 0 Å². The molecule has 2 aliphatic carbocycles. The Kier molecular flexibility index (Phi) is 1.29. The van der Waals surface area contributed by atoms with Crippen molar-refractivity contribution in [2.75, 3.05) is 13.1 Å². The molecular formula is C14H14N2S. The predicted octanol–water partition coefficient (Wildman–Crippen LogP) is 2.39. The number of fused-ring (bicyclic) bond motifs is 2. The van der Waals surface area contributed by atoms with Gasteiger partial charge in [0.25, 0.3) is 0 Å². The fourth-order valence-corrected chi connectivity index (χ4v) is 5.26. The number of benzene rings is 1. The first-order valence-electron chi connectivity index (χ1n) is 6.34. The molecule has 2 fully saturated rings. The molecule has 2 nitrogen and oxygen atoms in total. The van der Waals surface area contributed by atoms with Gasteiger partial charge in [0.2, 0.25) is 0 Å². The molecule has 0 bridgehead atoms. The van der Waals surface area contributed by atoms with Crippen LogP contribution in [0.15, 0.2) is 12.1 Å². The molecule has 1 aliphatic heterocycles. The van der Waals surface area contributed by atoms with Crippen molar-refractivity contribution >= 4 is 21.6 Å². The van der Waals surface area contributed by atoms with Crippen molar-refractivity contribution in [1.82, 2.24) is 10.3 Å². The normalized spacial score (nSPS) is 37.0. The lowest BCUT2D eigenvalue weighted by Gasteiger charge is -2.13. The van der Waals surface area contributed by atoms with E-state index in [-0.39, 0.29) is 0 Å². The molecule has 1 saturated heterocycles. The Bertz CT molecular complexity index is 670. The van der Waals surface area contributed by atoms with Crippen LogP contribution in [-0.2, 0) is 11.8 Å². The van der Waals surface area contributed by atoms with Crippen LogP contribution >= 0.6 is 11.3 Å². The number of thiazole rings is 1. The van der Waals surface area contributed by atoms with Crippen LogP contribution in [-0.4, -0.2) is 18.1 Å². The maximum atomic E-state index is 4.65. The van der Waals surface area contributed by atoms with Crippen molar-refractivity contribution in [3.05, 3.63) is 28.3 Å². The lowest BCUT2D eigenvalue weighted by Crippen LogP contribution is -2.21. The molecule has 2 atom stereocenters. The molecule has 0 radical (unpaired) electrons. The number of aryl methyl sites for hydroxylation is 1. The lowest BCUT2D eigenvalue weighted by atomic mass is 9.95. The Morgan fingerprint density at radius 3 is 3.24 bits per heavy atom. The van der Waals surface area contributed by atoms with Crippen molar-refractivity contribution in [1.29, 1.82) is 0 Å². The molecule has 0 amide bonds. The maximum absolute atomic E-state index is 4.65. The molecule has 5 rings (SSSR count). The molecule has 0 spiro atoms. The van der Waals surface area contributed by atoms with Gasteiger partial charge in [0.1, 0.15) is 0 Å². The van der Waals surface area contributed by atoms with Crippen LogP contribution in [0.25, 0.3) is 10.2 Å². The highest BCUT2D eigenvalue weighted by Gasteiger charge is 2.73. The first kappa shape index (κ1) is 9.06. The zero-order valence-electron chi connectivity index (χ0n) is 9.84. The van der Waals surface area contributed by atoms with Crippen LogP contribution < -0.4 is 5.32 Å². The van der Waals surface area contributed by atoms with E-state index in [1.807, 2.05) is 11.3 Å². The van der Waals surface area contributed by atoms with E-state index in [4.69, 9.17) is 0 Å². The molecule has 2 unspecified atom stereocenters. The highest BCUT2D eigenvalue weighted by Crippen LogP contribution is 2.73. The van der Waals surface area contributed by atoms with Gasteiger partial charge < -0.3 is 5.32 Å². The topological polar surface area (TPSA) is 24.9 Å². The summed E-state index contributed by atoms with van der Waals surface area (Å²) in [6.45, 7) is 4.52. The Labute approximate surface area is 104 Å². The molecule has 3 aliphatic rings. The van der Waals surface area contributed by atoms with Gasteiger partial charge in [0.05, 0.1) is 15.2 Å². The summed E-state index contributed by atoms with van der Waals surface area (Å²) in [5, 5.41) is 4.77. The van der Waals surface area contributed by atoms with Crippen LogP contribution in [0, 0.1) is 12.3 Å². The minimum Gasteiger partial charge on any atom is -0.315 e. The molecule has 2 heterocycles. The first-order chi connectivity index (χ1) is 8.22. The van der Waals surface area contributed by atoms with Crippen LogP contribution in [0.1, 0.15) is 22.6 Å². The van der Waals surface area contributed by atoms with E-state index in [1.54, 1.807) is 11.1 Å². The van der Waals surface area contributed by atoms with Gasteiger partial charge in [-0.3, -0.25) is 0 Å². The highest BCUT2D eigenvalue weighted by molar-refractivity contribution is 7.18. The van der Waals surface area contributed by atoms with Crippen molar-refractivity contribution in [2.24, 2.45) is 5.41 Å². The molecule has 1 aromatic carbocycles. The molecule has 1 aromatic heterocycles. The summed E-state index contributed by atoms with van der Waals surface area (Å²) in [4.78, 5) is 4.65. The van der Waals surface area contributed by atoms with Gasteiger partial charge >= 0.3 is 0 Å². The third-order valence-corrected chi connectivity index (χ3v) is 6.12. The third kappa shape index (κ3) is 0.849. The Hall–Kier alpha value is -0.930. The Balaban J connectivity index is 1.82. The minimum atomic E-state index is 0.494. The van der Waals surface area contributed by atoms with Gasteiger partial charge in [0, 0.05) is 18.5 Å². The number of nitrogens with one attached hydrogen (secondary N) is 1. The van der Waals surface area contributed by atoms with E-state index in [2.05, 4.69) is 29.4 Å². The fraction of sp³-hybridized carbons (Fsp3) is 0.500. The molecule has 3 heteroatoms. The molecule has 1 saturated carbocycles. The summed E-state index contributed by atoms with van der Waals surface area (Å²) in [6, 6.07) is 4.80. The summed E-state index contributed by atoms with van der Waals surface area (Å²) >= 11 is 1.83. The number of piperidine rings is 1. The maximum Gasteiger partial charge on any atom is 0.0907 e. The van der Waals surface area contributed by atoms with E-state index < -0.39 is 0 Å². The van der Waals surface area contributed by atoms with E-state index in [0.29, 0.717) is 10.8 Å². The van der Waals surface area contributed by atoms with E-state index in [9.17, 15) is 0 Å². The first-order valence-corrected chi connectivity index (χ1v) is 7.16. The van der Waals surface area contributed by atoms with Gasteiger partial charge in [0.15, 0.2) is 0 Å². The molecule has 2 aromatic rings. The number of hydrogen-bond donors (Lipinski definition) is 1. The summed E-state index contributed by atoms with van der Waals surface area (Å²) in [5.74, 6) is 0. The molecule has 17 heavy (non-hydrogen) atoms. The minimum absolute atomic E-state index is 0.494. The molecule has 86 valence electrons. The second-order valence-corrected chi connectivity index (χ2v) is 7.26. The van der Waals surface area contributed by atoms with Crippen molar-refractivity contribution < 1.29 is 0 Å². The average molecular weight is 242 g/mol. The van der Waals surface area contributed by atoms with Gasteiger partial charge in [-0.1, -0.05) is 0 Å². The van der Waals surface area contributed by atoms with Gasteiger partial charge in [-0.15, -0.1) is 11.3 Å². The second-order valence-electron chi connectivity index (χ2n) is 6.03. The summed E-state index contributed by atoms with van der Waals surface area (Å²) < 4.78 is 1.38. The van der Waals surface area contributed by atoms with Gasteiger partial charge in [-0.2, -0.15) is 0 Å². The number of rotatable bonds is 0. The second kappa shape index (κ2) is 2.43. The highest BCUT2D eigenvalue weighted by atomic mass is 32.1. The molecular weight excluding hydrogens is 228 g/mol. The zero-order chi connectivity index (χ0) is 11.3. The van der Waals surface area contributed by atoms with Gasteiger partial charge in [-0.25, -0.2) is 4.98 Å². The predicted molar refractivity (Wildman–Crippen MR) is 69.7 cm³/mol. The lowest BCUT2D eigenvalue weighted by molar-refractivity contribution is 0.522. The van der Waals surface area contributed by atoms with Crippen LogP contribution in [0.3, 0.4) is 0 Å². The standard InChI is InChI=1S/C14H14N2S/c1-8-16-11-3-10-9(2-12(11)17-8)4-13-5-14(10,13)7-15-6-13/h2-3,15H,4-7H2,1H3. The van der Waals surface area contributed by atoms with Crippen molar-refractivity contribution in [3.63, 3.8) is 0 Å². The SMILES string of the molecule is Cc1nc2cc3c(cc2s1)CC12CNCC31C2. The third-order valence-electron chi connectivity index (χ3n) is 5.19. The summed E-state index contributed by atoms with van der Waals surface area (Å²) in [5.41, 5.74) is 5.52. The number of nitrogens with zero attached hydrogens (tertiary/aromatic N) is 1. The van der Waals surface area contributed by atoms with Crippen LogP contribution in [0.4, 0.5) is 0 Å². The summed E-state index contributed by atoms with van der Waals surface area (Å²) in [6.07, 6.45) is 2.71.